The van der Waals surface area contributed by atoms with E-state index >= 15 is 0 Å². The lowest BCUT2D eigenvalue weighted by Crippen LogP contribution is -2.04. The summed E-state index contributed by atoms with van der Waals surface area (Å²) in [6.45, 7) is 6.48. The number of halogens is 1. The Morgan fingerprint density at radius 3 is 1.93 bits per heavy atom. The fourth-order valence-electron chi connectivity index (χ4n) is 1.43. The van der Waals surface area contributed by atoms with Crippen molar-refractivity contribution >= 4 is 12.4 Å². The third-order valence-electron chi connectivity index (χ3n) is 2.15. The van der Waals surface area contributed by atoms with Crippen molar-refractivity contribution in [2.75, 3.05) is 0 Å². The second-order valence-corrected chi connectivity index (χ2v) is 4.13. The van der Waals surface area contributed by atoms with Crippen LogP contribution < -0.4 is 5.73 Å². The van der Waals surface area contributed by atoms with Gasteiger partial charge in [0.25, 0.3) is 0 Å². The Balaban J connectivity index is 0.00000169. The normalized spacial score (nSPS) is 12.4. The molecule has 1 atom stereocenters. The summed E-state index contributed by atoms with van der Waals surface area (Å²) in [5.74, 6) is 0.723. The first-order chi connectivity index (χ1) is 6.09. The monoisotopic (exact) mass is 213 g/mol. The highest BCUT2D eigenvalue weighted by molar-refractivity contribution is 5.85. The molecule has 0 amide bonds. The van der Waals surface area contributed by atoms with Gasteiger partial charge in [0.1, 0.15) is 0 Å². The van der Waals surface area contributed by atoms with E-state index in [1.807, 2.05) is 6.92 Å². The molecule has 1 rings (SSSR count). The molecule has 0 aliphatic heterocycles. The molecule has 2 N–H and O–H groups in total. The third-order valence-corrected chi connectivity index (χ3v) is 2.15. The summed E-state index contributed by atoms with van der Waals surface area (Å²) >= 11 is 0. The van der Waals surface area contributed by atoms with Gasteiger partial charge in [-0.05, 0) is 30.4 Å². The standard InChI is InChI=1S/C12H19N.ClH/c1-9(2)8-11-4-6-12(7-5-11)10(3)13;/h4-7,9-10H,8,13H2,1-3H3;1H. The molecule has 1 aromatic rings. The summed E-state index contributed by atoms with van der Waals surface area (Å²) < 4.78 is 0. The number of rotatable bonds is 3. The lowest BCUT2D eigenvalue weighted by molar-refractivity contribution is 0.647. The number of nitrogens with two attached hydrogens (primary N) is 1. The Labute approximate surface area is 93.1 Å². The molecule has 2 heteroatoms. The molecule has 0 aliphatic carbocycles. The highest BCUT2D eigenvalue weighted by atomic mass is 35.5. The first-order valence-corrected chi connectivity index (χ1v) is 4.94. The summed E-state index contributed by atoms with van der Waals surface area (Å²) in [4.78, 5) is 0. The van der Waals surface area contributed by atoms with Crippen molar-refractivity contribution in [1.29, 1.82) is 0 Å². The van der Waals surface area contributed by atoms with Crippen LogP contribution in [0.3, 0.4) is 0 Å². The maximum Gasteiger partial charge on any atom is 0.0266 e. The molecule has 80 valence electrons. The first-order valence-electron chi connectivity index (χ1n) is 4.94. The maximum absolute atomic E-state index is 5.77. The zero-order valence-electron chi connectivity index (χ0n) is 9.16. The van der Waals surface area contributed by atoms with Crippen molar-refractivity contribution in [1.82, 2.24) is 0 Å². The predicted octanol–water partition coefficient (Wildman–Crippen LogP) is 3.33. The Morgan fingerprint density at radius 2 is 1.57 bits per heavy atom. The highest BCUT2D eigenvalue weighted by Gasteiger charge is 2.00. The van der Waals surface area contributed by atoms with E-state index in [9.17, 15) is 0 Å². The van der Waals surface area contributed by atoms with Gasteiger partial charge in [-0.2, -0.15) is 0 Å². The van der Waals surface area contributed by atoms with Gasteiger partial charge in [0.05, 0.1) is 0 Å². The van der Waals surface area contributed by atoms with Gasteiger partial charge >= 0.3 is 0 Å². The molecule has 0 saturated heterocycles. The van der Waals surface area contributed by atoms with Crippen molar-refractivity contribution < 1.29 is 0 Å². The van der Waals surface area contributed by atoms with Crippen LogP contribution >= 0.6 is 12.4 Å². The Hall–Kier alpha value is -0.530. The molecule has 0 aromatic heterocycles. The van der Waals surface area contributed by atoms with Crippen molar-refractivity contribution in [3.05, 3.63) is 35.4 Å². The maximum atomic E-state index is 5.77. The van der Waals surface area contributed by atoms with Crippen LogP contribution in [0.1, 0.15) is 37.9 Å². The van der Waals surface area contributed by atoms with Crippen LogP contribution in [0.25, 0.3) is 0 Å². The van der Waals surface area contributed by atoms with Gasteiger partial charge in [-0.3, -0.25) is 0 Å². The second-order valence-electron chi connectivity index (χ2n) is 4.13. The minimum atomic E-state index is 0. The van der Waals surface area contributed by atoms with Crippen molar-refractivity contribution in [3.8, 4) is 0 Å². The fraction of sp³-hybridized carbons (Fsp3) is 0.500. The van der Waals surface area contributed by atoms with Gasteiger partial charge < -0.3 is 5.73 Å². The molecule has 1 nitrogen and oxygen atoms in total. The molecule has 14 heavy (non-hydrogen) atoms. The largest absolute Gasteiger partial charge is 0.324 e. The smallest absolute Gasteiger partial charge is 0.0266 e. The number of benzene rings is 1. The molecule has 0 saturated carbocycles. The zero-order chi connectivity index (χ0) is 9.84. The van der Waals surface area contributed by atoms with E-state index in [-0.39, 0.29) is 18.4 Å². The molecule has 0 heterocycles. The van der Waals surface area contributed by atoms with Gasteiger partial charge in [-0.15, -0.1) is 12.4 Å². The summed E-state index contributed by atoms with van der Waals surface area (Å²) in [5, 5.41) is 0. The molecule has 0 bridgehead atoms. The number of hydrogen-bond acceptors (Lipinski definition) is 1. The van der Waals surface area contributed by atoms with Crippen LogP contribution in [0.2, 0.25) is 0 Å². The summed E-state index contributed by atoms with van der Waals surface area (Å²) in [6.07, 6.45) is 1.15. The molecule has 0 aliphatic rings. The molecule has 1 unspecified atom stereocenters. The molecule has 0 fully saturated rings. The summed E-state index contributed by atoms with van der Waals surface area (Å²) in [5.41, 5.74) is 8.38. The van der Waals surface area contributed by atoms with E-state index in [2.05, 4.69) is 38.1 Å². The minimum absolute atomic E-state index is 0. The Bertz CT molecular complexity index is 252. The van der Waals surface area contributed by atoms with Crippen molar-refractivity contribution in [2.45, 2.75) is 33.2 Å². The van der Waals surface area contributed by atoms with Gasteiger partial charge in [0.15, 0.2) is 0 Å². The number of hydrogen-bond donors (Lipinski definition) is 1. The topological polar surface area (TPSA) is 26.0 Å². The van der Waals surface area contributed by atoms with Crippen LogP contribution in [0, 0.1) is 5.92 Å². The molecular formula is C12H20ClN. The summed E-state index contributed by atoms with van der Waals surface area (Å²) in [6, 6.07) is 8.76. The summed E-state index contributed by atoms with van der Waals surface area (Å²) in [7, 11) is 0. The van der Waals surface area contributed by atoms with Crippen LogP contribution in [0.15, 0.2) is 24.3 Å². The van der Waals surface area contributed by atoms with Gasteiger partial charge in [0, 0.05) is 6.04 Å². The quantitative estimate of drug-likeness (QED) is 0.819. The zero-order valence-corrected chi connectivity index (χ0v) is 9.97. The lowest BCUT2D eigenvalue weighted by Gasteiger charge is -2.08. The SMILES string of the molecule is CC(C)Cc1ccc(C(C)N)cc1.Cl. The predicted molar refractivity (Wildman–Crippen MR) is 64.8 cm³/mol. The average molecular weight is 214 g/mol. The minimum Gasteiger partial charge on any atom is -0.324 e. The van der Waals surface area contributed by atoms with Crippen LogP contribution in [-0.2, 0) is 6.42 Å². The Kier molecular flexibility index (Phi) is 5.82. The molecule has 1 aromatic carbocycles. The first kappa shape index (κ1) is 13.5. The molecule has 0 radical (unpaired) electrons. The van der Waals surface area contributed by atoms with E-state index in [0.717, 1.165) is 12.3 Å². The van der Waals surface area contributed by atoms with Crippen molar-refractivity contribution in [2.24, 2.45) is 11.7 Å². The van der Waals surface area contributed by atoms with E-state index in [4.69, 9.17) is 5.73 Å². The van der Waals surface area contributed by atoms with Crippen LogP contribution in [0.4, 0.5) is 0 Å². The average Bonchev–Trinajstić information content (AvgIpc) is 2.04. The van der Waals surface area contributed by atoms with Crippen LogP contribution in [-0.4, -0.2) is 0 Å². The second kappa shape index (κ2) is 6.05. The third kappa shape index (κ3) is 4.12. The van der Waals surface area contributed by atoms with E-state index in [1.165, 1.54) is 11.1 Å². The Morgan fingerprint density at radius 1 is 1.07 bits per heavy atom. The van der Waals surface area contributed by atoms with E-state index in [1.54, 1.807) is 0 Å². The van der Waals surface area contributed by atoms with Gasteiger partial charge in [0.2, 0.25) is 0 Å². The van der Waals surface area contributed by atoms with Crippen LogP contribution in [0.5, 0.6) is 0 Å². The molecule has 0 spiro atoms. The van der Waals surface area contributed by atoms with E-state index < -0.39 is 0 Å². The molecular weight excluding hydrogens is 194 g/mol. The van der Waals surface area contributed by atoms with E-state index in [0.29, 0.717) is 0 Å². The van der Waals surface area contributed by atoms with Crippen molar-refractivity contribution in [3.63, 3.8) is 0 Å². The highest BCUT2D eigenvalue weighted by Crippen LogP contribution is 2.13. The van der Waals surface area contributed by atoms with Gasteiger partial charge in [-0.25, -0.2) is 0 Å². The lowest BCUT2D eigenvalue weighted by atomic mass is 10.0. The van der Waals surface area contributed by atoms with Gasteiger partial charge in [-0.1, -0.05) is 38.1 Å². The fourth-order valence-corrected chi connectivity index (χ4v) is 1.43.